The van der Waals surface area contributed by atoms with Gasteiger partial charge in [0.2, 0.25) is 11.8 Å². The number of benzene rings is 1. The van der Waals surface area contributed by atoms with Gasteiger partial charge >= 0.3 is 0 Å². The van der Waals surface area contributed by atoms with E-state index in [4.69, 9.17) is 4.74 Å². The van der Waals surface area contributed by atoms with Crippen molar-refractivity contribution in [1.29, 1.82) is 0 Å². The molecule has 0 radical (unpaired) electrons. The number of carbonyl (C=O) groups excluding carboxylic acids is 3. The predicted octanol–water partition coefficient (Wildman–Crippen LogP) is 2.99. The van der Waals surface area contributed by atoms with Crippen LogP contribution in [0.5, 0.6) is 5.75 Å². The molecule has 1 aromatic carbocycles. The molecule has 1 aliphatic rings. The lowest BCUT2D eigenvalue weighted by molar-refractivity contribution is -0.135. The van der Waals surface area contributed by atoms with Crippen LogP contribution in [0.15, 0.2) is 24.3 Å². The fourth-order valence-electron chi connectivity index (χ4n) is 4.20. The molecule has 7 nitrogen and oxygen atoms in total. The van der Waals surface area contributed by atoms with Gasteiger partial charge in [-0.2, -0.15) is 0 Å². The van der Waals surface area contributed by atoms with Gasteiger partial charge in [-0.3, -0.25) is 14.4 Å². The molecule has 0 atom stereocenters. The third-order valence-corrected chi connectivity index (χ3v) is 5.76. The van der Waals surface area contributed by atoms with Gasteiger partial charge in [0.15, 0.2) is 5.78 Å². The number of nitrogens with zero attached hydrogens (tertiary/aromatic N) is 2. The summed E-state index contributed by atoms with van der Waals surface area (Å²) in [6, 6.07) is 7.02. The van der Waals surface area contributed by atoms with Crippen LogP contribution in [-0.4, -0.2) is 74.3 Å². The molecule has 7 heteroatoms. The van der Waals surface area contributed by atoms with Crippen LogP contribution in [0.3, 0.4) is 0 Å². The standard InChI is InChI=1S/C25H39N3O4/c1-6-32-21-9-7-19(8-10-21)22(29)11-12-23(30)28-15-13-20(14-16-28)24(31)26-17-25(2,3)18-27(4)5/h7-10,20H,6,11-18H2,1-5H3,(H,26,31). The van der Waals surface area contributed by atoms with E-state index in [1.165, 1.54) is 0 Å². The summed E-state index contributed by atoms with van der Waals surface area (Å²) >= 11 is 0. The summed E-state index contributed by atoms with van der Waals surface area (Å²) in [6.45, 7) is 9.44. The second-order valence-corrected chi connectivity index (χ2v) is 9.66. The lowest BCUT2D eigenvalue weighted by Gasteiger charge is -2.33. The van der Waals surface area contributed by atoms with E-state index in [2.05, 4.69) is 24.1 Å². The number of hydrogen-bond acceptors (Lipinski definition) is 5. The second kappa shape index (κ2) is 12.0. The molecule has 0 spiro atoms. The van der Waals surface area contributed by atoms with Crippen LogP contribution in [-0.2, 0) is 9.59 Å². The van der Waals surface area contributed by atoms with Crippen LogP contribution in [0.25, 0.3) is 0 Å². The highest BCUT2D eigenvalue weighted by molar-refractivity contribution is 5.98. The first-order valence-electron chi connectivity index (χ1n) is 11.6. The molecule has 0 bridgehead atoms. The van der Waals surface area contributed by atoms with Gasteiger partial charge in [0.25, 0.3) is 0 Å². The summed E-state index contributed by atoms with van der Waals surface area (Å²) in [5.74, 6) is 0.689. The number of piperidine rings is 1. The molecular formula is C25H39N3O4. The van der Waals surface area contributed by atoms with Crippen molar-refractivity contribution in [1.82, 2.24) is 15.1 Å². The van der Waals surface area contributed by atoms with Crippen molar-refractivity contribution in [2.45, 2.75) is 46.5 Å². The molecule has 32 heavy (non-hydrogen) atoms. The van der Waals surface area contributed by atoms with Crippen molar-refractivity contribution < 1.29 is 19.1 Å². The Morgan fingerprint density at radius 1 is 1.09 bits per heavy atom. The molecule has 1 aromatic rings. The zero-order valence-electron chi connectivity index (χ0n) is 20.3. The van der Waals surface area contributed by atoms with Gasteiger partial charge in [-0.1, -0.05) is 13.8 Å². The number of ketones is 1. The Morgan fingerprint density at radius 3 is 2.28 bits per heavy atom. The van der Waals surface area contributed by atoms with Crippen molar-refractivity contribution in [2.24, 2.45) is 11.3 Å². The van der Waals surface area contributed by atoms with Crippen LogP contribution in [0.1, 0.15) is 56.8 Å². The summed E-state index contributed by atoms with van der Waals surface area (Å²) in [6.07, 6.45) is 1.72. The fraction of sp³-hybridized carbons (Fsp3) is 0.640. The highest BCUT2D eigenvalue weighted by atomic mass is 16.5. The highest BCUT2D eigenvalue weighted by Crippen LogP contribution is 2.20. The summed E-state index contributed by atoms with van der Waals surface area (Å²) in [5, 5.41) is 3.09. The molecule has 2 amide bonds. The third-order valence-electron chi connectivity index (χ3n) is 5.76. The number of hydrogen-bond donors (Lipinski definition) is 1. The van der Waals surface area contributed by atoms with Crippen LogP contribution in [0, 0.1) is 11.3 Å². The molecule has 1 fully saturated rings. The number of rotatable bonds is 11. The normalized spacial score (nSPS) is 15.0. The maximum atomic E-state index is 12.6. The van der Waals surface area contributed by atoms with Gasteiger partial charge in [-0.25, -0.2) is 0 Å². The minimum absolute atomic E-state index is 0.00567. The van der Waals surface area contributed by atoms with Crippen molar-refractivity contribution >= 4 is 17.6 Å². The summed E-state index contributed by atoms with van der Waals surface area (Å²) in [7, 11) is 4.06. The summed E-state index contributed by atoms with van der Waals surface area (Å²) in [4.78, 5) is 41.4. The number of amides is 2. The maximum Gasteiger partial charge on any atom is 0.223 e. The first-order chi connectivity index (χ1) is 15.1. The van der Waals surface area contributed by atoms with Crippen LogP contribution in [0.4, 0.5) is 0 Å². The maximum absolute atomic E-state index is 12.6. The molecule has 0 aromatic heterocycles. The van der Waals surface area contributed by atoms with Gasteiger partial charge < -0.3 is 19.9 Å². The van der Waals surface area contributed by atoms with Gasteiger partial charge in [-0.05, 0) is 63.5 Å². The van der Waals surface area contributed by atoms with E-state index in [1.54, 1.807) is 29.2 Å². The van der Waals surface area contributed by atoms with Crippen molar-refractivity contribution in [3.63, 3.8) is 0 Å². The molecule has 0 saturated carbocycles. The molecular weight excluding hydrogens is 406 g/mol. The van der Waals surface area contributed by atoms with Gasteiger partial charge in [0.05, 0.1) is 6.61 Å². The smallest absolute Gasteiger partial charge is 0.223 e. The largest absolute Gasteiger partial charge is 0.494 e. The van der Waals surface area contributed by atoms with Crippen molar-refractivity contribution in [3.8, 4) is 5.75 Å². The average molecular weight is 446 g/mol. The fourth-order valence-corrected chi connectivity index (χ4v) is 4.20. The Bertz CT molecular complexity index is 766. The molecule has 0 unspecified atom stereocenters. The first-order valence-corrected chi connectivity index (χ1v) is 11.6. The lowest BCUT2D eigenvalue weighted by Crippen LogP contribution is -2.46. The first kappa shape index (κ1) is 25.8. The minimum atomic E-state index is -0.0558. The van der Waals surface area contributed by atoms with Crippen LogP contribution < -0.4 is 10.1 Å². The van der Waals surface area contributed by atoms with E-state index in [1.807, 2.05) is 21.0 Å². The van der Waals surface area contributed by atoms with E-state index in [-0.39, 0.29) is 41.8 Å². The average Bonchev–Trinajstić information content (AvgIpc) is 2.75. The van der Waals surface area contributed by atoms with Crippen molar-refractivity contribution in [3.05, 3.63) is 29.8 Å². The molecule has 2 rings (SSSR count). The Labute approximate surface area is 192 Å². The zero-order chi connectivity index (χ0) is 23.7. The van der Waals surface area contributed by atoms with Crippen molar-refractivity contribution in [2.75, 3.05) is 46.9 Å². The Hall–Kier alpha value is -2.41. The molecule has 1 heterocycles. The Kier molecular flexibility index (Phi) is 9.69. The molecule has 0 aliphatic carbocycles. The predicted molar refractivity (Wildman–Crippen MR) is 126 cm³/mol. The third kappa shape index (κ3) is 8.26. The number of ether oxygens (including phenoxy) is 1. The summed E-state index contributed by atoms with van der Waals surface area (Å²) in [5.41, 5.74) is 0.597. The van der Waals surface area contributed by atoms with Gasteiger partial charge in [0, 0.05) is 50.5 Å². The second-order valence-electron chi connectivity index (χ2n) is 9.66. The molecule has 1 saturated heterocycles. The number of Topliss-reactive ketones (excluding diaryl/α,β-unsaturated/α-hetero) is 1. The van der Waals surface area contributed by atoms with E-state index >= 15 is 0 Å². The number of likely N-dealkylation sites (tertiary alicyclic amines) is 1. The van der Waals surface area contributed by atoms with E-state index in [0.717, 1.165) is 12.3 Å². The summed E-state index contributed by atoms with van der Waals surface area (Å²) < 4.78 is 5.39. The van der Waals surface area contributed by atoms with Crippen LogP contribution in [0.2, 0.25) is 0 Å². The van der Waals surface area contributed by atoms with Crippen LogP contribution >= 0.6 is 0 Å². The Balaban J connectivity index is 1.72. The highest BCUT2D eigenvalue weighted by Gasteiger charge is 2.28. The van der Waals surface area contributed by atoms with E-state index in [9.17, 15) is 14.4 Å². The lowest BCUT2D eigenvalue weighted by atomic mass is 9.91. The van der Waals surface area contributed by atoms with E-state index in [0.29, 0.717) is 44.6 Å². The topological polar surface area (TPSA) is 79.0 Å². The van der Waals surface area contributed by atoms with Gasteiger partial charge in [-0.15, -0.1) is 0 Å². The number of nitrogens with one attached hydrogen (secondary N) is 1. The monoisotopic (exact) mass is 445 g/mol. The Morgan fingerprint density at radius 2 is 1.72 bits per heavy atom. The molecule has 178 valence electrons. The number of carbonyl (C=O) groups is 3. The quantitative estimate of drug-likeness (QED) is 0.530. The SMILES string of the molecule is CCOc1ccc(C(=O)CCC(=O)N2CCC(C(=O)NCC(C)(C)CN(C)C)CC2)cc1. The zero-order valence-corrected chi connectivity index (χ0v) is 20.3. The molecule has 1 N–H and O–H groups in total. The van der Waals surface area contributed by atoms with E-state index < -0.39 is 0 Å². The van der Waals surface area contributed by atoms with Gasteiger partial charge in [0.1, 0.15) is 5.75 Å². The molecule has 1 aliphatic heterocycles. The minimum Gasteiger partial charge on any atom is -0.494 e.